The molecule has 5 heteroatoms. The largest absolute Gasteiger partial charge is 0.481 e. The van der Waals surface area contributed by atoms with Crippen molar-refractivity contribution in [2.45, 2.75) is 57.3 Å². The van der Waals surface area contributed by atoms with Crippen LogP contribution in [0.25, 0.3) is 0 Å². The Balaban J connectivity index is 1.82. The summed E-state index contributed by atoms with van der Waals surface area (Å²) in [5.74, 6) is -0.853. The van der Waals surface area contributed by atoms with E-state index in [1.165, 1.54) is 0 Å². The maximum absolute atomic E-state index is 13.3. The number of aliphatic carboxylic acids is 1. The number of aryl methyl sites for hydroxylation is 1. The van der Waals surface area contributed by atoms with E-state index >= 15 is 0 Å². The number of rotatable bonds is 5. The molecule has 0 spiro atoms. The van der Waals surface area contributed by atoms with Crippen molar-refractivity contribution in [3.8, 4) is 0 Å². The van der Waals surface area contributed by atoms with Gasteiger partial charge in [0.05, 0.1) is 10.8 Å². The highest BCUT2D eigenvalue weighted by Crippen LogP contribution is 2.41. The summed E-state index contributed by atoms with van der Waals surface area (Å²) in [7, 11) is 0. The zero-order chi connectivity index (χ0) is 18.6. The molecular weight excluding hydrogens is 330 g/mol. The fourth-order valence-corrected chi connectivity index (χ4v) is 4.53. The van der Waals surface area contributed by atoms with Crippen molar-refractivity contribution in [1.82, 2.24) is 5.32 Å². The molecule has 0 atom stereocenters. The number of carboxylic acid groups (broad SMARTS) is 1. The second kappa shape index (κ2) is 7.78. The summed E-state index contributed by atoms with van der Waals surface area (Å²) < 4.78 is 5.33. The summed E-state index contributed by atoms with van der Waals surface area (Å²) in [6.07, 6.45) is 5.75. The van der Waals surface area contributed by atoms with E-state index in [1.54, 1.807) is 0 Å². The zero-order valence-corrected chi connectivity index (χ0v) is 15.6. The van der Waals surface area contributed by atoms with Gasteiger partial charge < -0.3 is 15.2 Å². The van der Waals surface area contributed by atoms with Gasteiger partial charge in [0.25, 0.3) is 0 Å². The number of benzene rings is 1. The van der Waals surface area contributed by atoms with Crippen LogP contribution in [0.1, 0.15) is 56.1 Å². The van der Waals surface area contributed by atoms with Gasteiger partial charge in [0.15, 0.2) is 0 Å². The first-order valence-electron chi connectivity index (χ1n) is 9.66. The number of hydrogen-bond donors (Lipinski definition) is 2. The van der Waals surface area contributed by atoms with Gasteiger partial charge in [-0.1, -0.05) is 43.5 Å². The number of amides is 1. The van der Waals surface area contributed by atoms with E-state index in [1.807, 2.05) is 12.1 Å². The van der Waals surface area contributed by atoms with Crippen molar-refractivity contribution in [2.24, 2.45) is 5.41 Å². The second-order valence-corrected chi connectivity index (χ2v) is 7.84. The Morgan fingerprint density at radius 1 is 1.08 bits per heavy atom. The summed E-state index contributed by atoms with van der Waals surface area (Å²) in [5, 5.41) is 12.8. The third-order valence-corrected chi connectivity index (χ3v) is 6.29. The lowest BCUT2D eigenvalue weighted by molar-refractivity contribution is -0.155. The molecule has 2 aliphatic rings. The molecule has 1 amide bonds. The van der Waals surface area contributed by atoms with Gasteiger partial charge in [-0.2, -0.15) is 0 Å². The third-order valence-electron chi connectivity index (χ3n) is 6.29. The molecule has 1 aliphatic heterocycles. The number of hydrogen-bond acceptors (Lipinski definition) is 3. The number of carboxylic acids is 1. The first-order valence-corrected chi connectivity index (χ1v) is 9.66. The zero-order valence-electron chi connectivity index (χ0n) is 15.6. The standard InChI is InChI=1S/C21H29NO4/c1-16-7-3-4-8-17(16)21(9-5-2-6-10-21)18(23)22-15-20(19(24)25)11-13-26-14-12-20/h3-4,7-8H,2,5-6,9-15H2,1H3,(H,22,23)(H,24,25). The van der Waals surface area contributed by atoms with Crippen LogP contribution in [-0.2, 0) is 19.7 Å². The molecule has 5 nitrogen and oxygen atoms in total. The summed E-state index contributed by atoms with van der Waals surface area (Å²) in [6, 6.07) is 8.09. The quantitative estimate of drug-likeness (QED) is 0.846. The Morgan fingerprint density at radius 2 is 1.73 bits per heavy atom. The minimum Gasteiger partial charge on any atom is -0.481 e. The first kappa shape index (κ1) is 18.9. The molecule has 2 fully saturated rings. The Kier molecular flexibility index (Phi) is 5.66. The highest BCUT2D eigenvalue weighted by molar-refractivity contribution is 5.89. The van der Waals surface area contributed by atoms with E-state index in [4.69, 9.17) is 4.74 Å². The SMILES string of the molecule is Cc1ccccc1C1(C(=O)NCC2(C(=O)O)CCOCC2)CCCCC1. The van der Waals surface area contributed by atoms with Crippen molar-refractivity contribution in [2.75, 3.05) is 19.8 Å². The van der Waals surface area contributed by atoms with Crippen molar-refractivity contribution in [1.29, 1.82) is 0 Å². The number of carbonyl (C=O) groups excluding carboxylic acids is 1. The lowest BCUT2D eigenvalue weighted by Gasteiger charge is -2.39. The third kappa shape index (κ3) is 3.50. The summed E-state index contributed by atoms with van der Waals surface area (Å²) in [5.41, 5.74) is 0.779. The maximum Gasteiger partial charge on any atom is 0.311 e. The summed E-state index contributed by atoms with van der Waals surface area (Å²) >= 11 is 0. The van der Waals surface area contributed by atoms with Crippen LogP contribution in [0.2, 0.25) is 0 Å². The van der Waals surface area contributed by atoms with Crippen LogP contribution in [0.5, 0.6) is 0 Å². The second-order valence-electron chi connectivity index (χ2n) is 7.84. The monoisotopic (exact) mass is 359 g/mol. The number of carbonyl (C=O) groups is 2. The van der Waals surface area contributed by atoms with Crippen LogP contribution in [0, 0.1) is 12.3 Å². The normalized spacial score (nSPS) is 21.7. The van der Waals surface area contributed by atoms with Crippen molar-refractivity contribution >= 4 is 11.9 Å². The minimum absolute atomic E-state index is 0.0152. The van der Waals surface area contributed by atoms with Gasteiger partial charge >= 0.3 is 5.97 Å². The van der Waals surface area contributed by atoms with Gasteiger partial charge in [0, 0.05) is 19.8 Å². The number of ether oxygens (including phenoxy) is 1. The predicted octanol–water partition coefficient (Wildman–Crippen LogP) is 3.19. The molecule has 0 unspecified atom stereocenters. The average molecular weight is 359 g/mol. The number of nitrogens with one attached hydrogen (secondary N) is 1. The Labute approximate surface area is 155 Å². The Hall–Kier alpha value is -1.88. The van der Waals surface area contributed by atoms with Gasteiger partial charge in [-0.25, -0.2) is 0 Å². The molecule has 26 heavy (non-hydrogen) atoms. The molecule has 1 saturated heterocycles. The lowest BCUT2D eigenvalue weighted by atomic mass is 9.67. The topological polar surface area (TPSA) is 75.6 Å². The minimum atomic E-state index is -0.907. The summed E-state index contributed by atoms with van der Waals surface area (Å²) in [4.78, 5) is 25.2. The van der Waals surface area contributed by atoms with Crippen LogP contribution in [0.4, 0.5) is 0 Å². The molecule has 142 valence electrons. The van der Waals surface area contributed by atoms with Crippen LogP contribution < -0.4 is 5.32 Å². The van der Waals surface area contributed by atoms with Crippen molar-refractivity contribution in [3.63, 3.8) is 0 Å². The highest BCUT2D eigenvalue weighted by Gasteiger charge is 2.45. The highest BCUT2D eigenvalue weighted by atomic mass is 16.5. The summed E-state index contributed by atoms with van der Waals surface area (Å²) in [6.45, 7) is 3.10. The molecule has 1 heterocycles. The molecule has 1 saturated carbocycles. The maximum atomic E-state index is 13.3. The van der Waals surface area contributed by atoms with Gasteiger partial charge in [-0.3, -0.25) is 9.59 Å². The molecule has 0 aromatic heterocycles. The molecule has 0 bridgehead atoms. The molecule has 1 aliphatic carbocycles. The fraction of sp³-hybridized carbons (Fsp3) is 0.619. The predicted molar refractivity (Wildman–Crippen MR) is 99.1 cm³/mol. The lowest BCUT2D eigenvalue weighted by Crippen LogP contribution is -2.52. The van der Waals surface area contributed by atoms with Gasteiger partial charge in [0.2, 0.25) is 5.91 Å². The van der Waals surface area contributed by atoms with E-state index in [9.17, 15) is 14.7 Å². The molecule has 1 aromatic carbocycles. The fourth-order valence-electron chi connectivity index (χ4n) is 4.53. The molecule has 3 rings (SSSR count). The Bertz CT molecular complexity index is 658. The molecular formula is C21H29NO4. The van der Waals surface area contributed by atoms with Crippen LogP contribution >= 0.6 is 0 Å². The van der Waals surface area contributed by atoms with Crippen molar-refractivity contribution in [3.05, 3.63) is 35.4 Å². The smallest absolute Gasteiger partial charge is 0.311 e. The van der Waals surface area contributed by atoms with Crippen LogP contribution in [0.3, 0.4) is 0 Å². The van der Waals surface area contributed by atoms with E-state index in [0.717, 1.165) is 43.2 Å². The first-order chi connectivity index (χ1) is 12.5. The average Bonchev–Trinajstić information content (AvgIpc) is 2.67. The van der Waals surface area contributed by atoms with Gasteiger partial charge in [0.1, 0.15) is 0 Å². The van der Waals surface area contributed by atoms with Gasteiger partial charge in [-0.05, 0) is 43.7 Å². The van der Waals surface area contributed by atoms with Crippen molar-refractivity contribution < 1.29 is 19.4 Å². The molecule has 1 aromatic rings. The molecule has 2 N–H and O–H groups in total. The van der Waals surface area contributed by atoms with Crippen LogP contribution in [-0.4, -0.2) is 36.7 Å². The van der Waals surface area contributed by atoms with Crippen LogP contribution in [0.15, 0.2) is 24.3 Å². The Morgan fingerprint density at radius 3 is 2.35 bits per heavy atom. The van der Waals surface area contributed by atoms with Gasteiger partial charge in [-0.15, -0.1) is 0 Å². The molecule has 0 radical (unpaired) electrons. The van der Waals surface area contributed by atoms with E-state index in [0.29, 0.717) is 26.1 Å². The van der Waals surface area contributed by atoms with E-state index < -0.39 is 16.8 Å². The van der Waals surface area contributed by atoms with E-state index in [2.05, 4.69) is 24.4 Å². The van der Waals surface area contributed by atoms with E-state index in [-0.39, 0.29) is 12.5 Å².